The minimum atomic E-state index is -0.328. The molecular formula is C29H41N5O6. The molecule has 0 unspecified atom stereocenters. The minimum absolute atomic E-state index is 0.0532. The van der Waals surface area contributed by atoms with E-state index in [1.54, 1.807) is 22.1 Å². The zero-order chi connectivity index (χ0) is 28.9. The smallest absolute Gasteiger partial charge is 0.255 e. The number of fused-ring (bicyclic) bond motifs is 3. The Hall–Kier alpha value is -3.70. The molecule has 1 aromatic heterocycles. The van der Waals surface area contributed by atoms with Gasteiger partial charge in [-0.25, -0.2) is 0 Å². The van der Waals surface area contributed by atoms with E-state index in [1.807, 2.05) is 38.1 Å². The number of para-hydroxylation sites is 2. The number of aliphatic hydroxyl groups excluding tert-OH is 2. The van der Waals surface area contributed by atoms with Gasteiger partial charge in [-0.3, -0.25) is 19.4 Å². The second kappa shape index (κ2) is 15.8. The molecule has 3 rings (SSSR count). The number of carbonyl (C=O) groups is 3. The van der Waals surface area contributed by atoms with Crippen LogP contribution in [0.4, 0.5) is 11.4 Å². The van der Waals surface area contributed by atoms with E-state index in [9.17, 15) is 24.6 Å². The number of aliphatic hydroxyl groups is 2. The Kier molecular flexibility index (Phi) is 12.2. The molecule has 0 spiro atoms. The summed E-state index contributed by atoms with van der Waals surface area (Å²) < 4.78 is 6.14. The van der Waals surface area contributed by atoms with Crippen molar-refractivity contribution in [1.82, 2.24) is 19.7 Å². The van der Waals surface area contributed by atoms with Crippen LogP contribution in [0, 0.1) is 0 Å². The number of carbonyl (C=O) groups excluding carboxylic acids is 3. The van der Waals surface area contributed by atoms with Gasteiger partial charge in [-0.15, -0.1) is 0 Å². The van der Waals surface area contributed by atoms with Crippen LogP contribution >= 0.6 is 0 Å². The van der Waals surface area contributed by atoms with E-state index in [-0.39, 0.29) is 57.1 Å². The third-order valence-corrected chi connectivity index (χ3v) is 6.88. The van der Waals surface area contributed by atoms with E-state index in [1.165, 1.54) is 16.0 Å². The molecule has 40 heavy (non-hydrogen) atoms. The summed E-state index contributed by atoms with van der Waals surface area (Å²) in [6, 6.07) is 9.12. The van der Waals surface area contributed by atoms with Gasteiger partial charge in [-0.2, -0.15) is 0 Å². The Labute approximate surface area is 235 Å². The quantitative estimate of drug-likeness (QED) is 0.455. The van der Waals surface area contributed by atoms with Crippen LogP contribution in [0.25, 0.3) is 0 Å². The lowest BCUT2D eigenvalue weighted by molar-refractivity contribution is -0.132. The summed E-state index contributed by atoms with van der Waals surface area (Å²) in [4.78, 5) is 50.7. The SMILES string of the molecule is CCN(CCO)C(=O)CN1CCCCCOc2ccccc2N(CC(=O)N(CC)CCO)c2cncc(c2)C1=O. The molecule has 0 aliphatic carbocycles. The lowest BCUT2D eigenvalue weighted by Gasteiger charge is -2.30. The third kappa shape index (κ3) is 8.15. The largest absolute Gasteiger partial charge is 0.491 e. The van der Waals surface area contributed by atoms with Crippen LogP contribution in [0.1, 0.15) is 43.5 Å². The normalized spacial score (nSPS) is 14.2. The van der Waals surface area contributed by atoms with Crippen molar-refractivity contribution < 1.29 is 29.3 Å². The van der Waals surface area contributed by atoms with Crippen LogP contribution in [0.2, 0.25) is 0 Å². The highest BCUT2D eigenvalue weighted by molar-refractivity contribution is 5.97. The highest BCUT2D eigenvalue weighted by Crippen LogP contribution is 2.34. The van der Waals surface area contributed by atoms with Crippen molar-refractivity contribution in [3.63, 3.8) is 0 Å². The molecule has 218 valence electrons. The summed E-state index contributed by atoms with van der Waals surface area (Å²) in [5.74, 6) is -0.140. The van der Waals surface area contributed by atoms with Crippen molar-refractivity contribution in [2.75, 3.05) is 70.5 Å². The standard InChI is InChI=1S/C29H41N5O6/c1-3-31(13-15-35)27(37)21-33-12-8-5-9-17-40-26-11-7-6-10-25(26)34(22-28(38)32(4-2)14-16-36)24-18-23(29(33)39)19-30-20-24/h6-7,10-11,18-20,35-36H,3-5,8-9,12-17,21-22H2,1-2H3. The molecule has 1 aliphatic heterocycles. The number of amides is 3. The molecule has 0 fully saturated rings. The van der Waals surface area contributed by atoms with Crippen molar-refractivity contribution in [3.05, 3.63) is 48.3 Å². The van der Waals surface area contributed by atoms with Crippen LogP contribution < -0.4 is 9.64 Å². The van der Waals surface area contributed by atoms with Gasteiger partial charge in [0.25, 0.3) is 5.91 Å². The number of benzene rings is 1. The first-order valence-electron chi connectivity index (χ1n) is 13.9. The minimum Gasteiger partial charge on any atom is -0.491 e. The average molecular weight is 556 g/mol. The Morgan fingerprint density at radius 3 is 2.30 bits per heavy atom. The zero-order valence-corrected chi connectivity index (χ0v) is 23.5. The third-order valence-electron chi connectivity index (χ3n) is 6.88. The number of aromatic nitrogens is 1. The maximum absolute atomic E-state index is 13.7. The first-order chi connectivity index (χ1) is 19.4. The molecule has 11 nitrogen and oxygen atoms in total. The van der Waals surface area contributed by atoms with E-state index in [2.05, 4.69) is 4.98 Å². The molecule has 0 atom stereocenters. The van der Waals surface area contributed by atoms with Crippen molar-refractivity contribution in [3.8, 4) is 5.75 Å². The van der Waals surface area contributed by atoms with E-state index in [4.69, 9.17) is 4.74 Å². The number of ether oxygens (including phenoxy) is 1. The van der Waals surface area contributed by atoms with Gasteiger partial charge in [-0.1, -0.05) is 12.1 Å². The molecule has 3 amide bonds. The molecule has 0 radical (unpaired) electrons. The molecule has 0 saturated heterocycles. The number of anilines is 2. The summed E-state index contributed by atoms with van der Waals surface area (Å²) in [5, 5.41) is 18.8. The molecule has 2 heterocycles. The number of pyridine rings is 1. The van der Waals surface area contributed by atoms with Gasteiger partial charge in [0.2, 0.25) is 11.8 Å². The first-order valence-corrected chi connectivity index (χ1v) is 13.9. The fourth-order valence-electron chi connectivity index (χ4n) is 4.67. The lowest BCUT2D eigenvalue weighted by Crippen LogP contribution is -2.44. The van der Waals surface area contributed by atoms with Gasteiger partial charge in [0, 0.05) is 38.9 Å². The maximum atomic E-state index is 13.7. The first kappa shape index (κ1) is 30.8. The van der Waals surface area contributed by atoms with Crippen molar-refractivity contribution in [2.24, 2.45) is 0 Å². The van der Waals surface area contributed by atoms with Crippen LogP contribution in [0.5, 0.6) is 5.75 Å². The van der Waals surface area contributed by atoms with Gasteiger partial charge >= 0.3 is 0 Å². The topological polar surface area (TPSA) is 127 Å². The molecule has 11 heteroatoms. The highest BCUT2D eigenvalue weighted by Gasteiger charge is 2.25. The van der Waals surface area contributed by atoms with E-state index >= 15 is 0 Å². The molecule has 2 bridgehead atoms. The second-order valence-corrected chi connectivity index (χ2v) is 9.52. The molecule has 2 N–H and O–H groups in total. The number of hydrogen-bond acceptors (Lipinski definition) is 8. The van der Waals surface area contributed by atoms with Crippen molar-refractivity contribution in [1.29, 1.82) is 0 Å². The van der Waals surface area contributed by atoms with Crippen molar-refractivity contribution >= 4 is 29.1 Å². The highest BCUT2D eigenvalue weighted by atomic mass is 16.5. The number of hydrogen-bond donors (Lipinski definition) is 2. The number of rotatable bonds is 10. The van der Waals surface area contributed by atoms with Gasteiger partial charge in [0.15, 0.2) is 0 Å². The predicted molar refractivity (Wildman–Crippen MR) is 152 cm³/mol. The number of nitrogens with zero attached hydrogens (tertiary/aromatic N) is 5. The molecule has 0 saturated carbocycles. The molecule has 2 aromatic rings. The van der Waals surface area contributed by atoms with Crippen molar-refractivity contribution in [2.45, 2.75) is 33.1 Å². The van der Waals surface area contributed by atoms with Crippen LogP contribution in [-0.4, -0.2) is 113 Å². The monoisotopic (exact) mass is 555 g/mol. The summed E-state index contributed by atoms with van der Waals surface area (Å²) in [6.45, 7) is 5.37. The summed E-state index contributed by atoms with van der Waals surface area (Å²) in [5.41, 5.74) is 1.48. The summed E-state index contributed by atoms with van der Waals surface area (Å²) in [7, 11) is 0. The summed E-state index contributed by atoms with van der Waals surface area (Å²) in [6.07, 6.45) is 5.29. The van der Waals surface area contributed by atoms with Gasteiger partial charge in [0.1, 0.15) is 18.8 Å². The Bertz CT molecular complexity index is 1130. The van der Waals surface area contributed by atoms with E-state index in [0.29, 0.717) is 55.3 Å². The second-order valence-electron chi connectivity index (χ2n) is 9.52. The maximum Gasteiger partial charge on any atom is 0.255 e. The average Bonchev–Trinajstić information content (AvgIpc) is 2.97. The van der Waals surface area contributed by atoms with Crippen LogP contribution in [0.15, 0.2) is 42.7 Å². The fraction of sp³-hybridized carbons (Fsp3) is 0.517. The number of likely N-dealkylation sites (N-methyl/N-ethyl adjacent to an activating group) is 2. The van der Waals surface area contributed by atoms with Gasteiger partial charge in [0.05, 0.1) is 43.0 Å². The fourth-order valence-corrected chi connectivity index (χ4v) is 4.67. The summed E-state index contributed by atoms with van der Waals surface area (Å²) >= 11 is 0. The lowest BCUT2D eigenvalue weighted by atomic mass is 10.1. The Morgan fingerprint density at radius 2 is 1.62 bits per heavy atom. The zero-order valence-electron chi connectivity index (χ0n) is 23.5. The predicted octanol–water partition coefficient (Wildman–Crippen LogP) is 1.91. The Morgan fingerprint density at radius 1 is 0.950 bits per heavy atom. The molecule has 1 aromatic carbocycles. The molecular weight excluding hydrogens is 514 g/mol. The van der Waals surface area contributed by atoms with E-state index < -0.39 is 0 Å². The molecule has 1 aliphatic rings. The van der Waals surface area contributed by atoms with E-state index in [0.717, 1.165) is 12.8 Å². The van der Waals surface area contributed by atoms with Gasteiger partial charge < -0.3 is 34.5 Å². The van der Waals surface area contributed by atoms with Crippen LogP contribution in [0.3, 0.4) is 0 Å². The van der Waals surface area contributed by atoms with Crippen LogP contribution in [-0.2, 0) is 9.59 Å². The van der Waals surface area contributed by atoms with Gasteiger partial charge in [-0.05, 0) is 51.3 Å². The Balaban J connectivity index is 2.02.